The Bertz CT molecular complexity index is 1690. The van der Waals surface area contributed by atoms with E-state index in [4.69, 9.17) is 18.9 Å². The minimum absolute atomic E-state index is 0. The van der Waals surface area contributed by atoms with Gasteiger partial charge in [-0.25, -0.2) is 0 Å². The molecule has 3 aromatic heterocycles. The van der Waals surface area contributed by atoms with Crippen LogP contribution < -0.4 is 0 Å². The molecule has 5 nitrogen and oxygen atoms in total. The van der Waals surface area contributed by atoms with E-state index in [2.05, 4.69) is 12.1 Å². The van der Waals surface area contributed by atoms with Crippen LogP contribution in [0.25, 0.3) is 55.6 Å². The van der Waals surface area contributed by atoms with Gasteiger partial charge in [0.05, 0.1) is 16.9 Å². The molecule has 0 unspecified atom stereocenters. The molecule has 0 fully saturated rings. The zero-order chi connectivity index (χ0) is 24.4. The molecule has 36 heavy (non-hydrogen) atoms. The predicted octanol–water partition coefficient (Wildman–Crippen LogP) is 7.90. The Morgan fingerprint density at radius 3 is 2.36 bits per heavy atom. The quantitative estimate of drug-likeness (QED) is 0.120. The van der Waals surface area contributed by atoms with E-state index in [1.807, 2.05) is 78.9 Å². The second-order valence-corrected chi connectivity index (χ2v) is 8.15. The molecule has 1 N–H and O–H groups in total. The van der Waals surface area contributed by atoms with Gasteiger partial charge in [0.15, 0.2) is 11.4 Å². The molecule has 6 heteroatoms. The number of ketones is 1. The number of rotatable bonds is 3. The molecular weight excluding hydrogens is 631 g/mol. The molecule has 0 spiro atoms. The number of fused-ring (bicyclic) bond motifs is 4. The zero-order valence-corrected chi connectivity index (χ0v) is 22.0. The van der Waals surface area contributed by atoms with E-state index >= 15 is 0 Å². The summed E-state index contributed by atoms with van der Waals surface area (Å²) in [6, 6.07) is 31.3. The Morgan fingerprint density at radius 2 is 1.64 bits per heavy atom. The monoisotopic (exact) mass is 653 g/mol. The van der Waals surface area contributed by atoms with Crippen LogP contribution in [0.2, 0.25) is 0 Å². The summed E-state index contributed by atoms with van der Waals surface area (Å²) in [5.74, 6) is 0.749. The van der Waals surface area contributed by atoms with Crippen molar-refractivity contribution >= 4 is 38.8 Å². The number of carbonyl (C=O) groups excluding carboxylic acids is 1. The number of pyridine rings is 1. The molecule has 6 aromatic rings. The number of nitrogens with zero attached hydrogens (tertiary/aromatic N) is 1. The van der Waals surface area contributed by atoms with Gasteiger partial charge in [-0.2, -0.15) is 0 Å². The topological polar surface area (TPSA) is 76.5 Å². The van der Waals surface area contributed by atoms with E-state index in [-0.39, 0.29) is 31.6 Å². The van der Waals surface area contributed by atoms with Crippen LogP contribution in [0.3, 0.4) is 0 Å². The molecular formula is C30H22IrNO4-. The Hall–Kier alpha value is -3.99. The van der Waals surface area contributed by atoms with Crippen molar-refractivity contribution < 1.29 is 38.8 Å². The minimum atomic E-state index is -0.125. The van der Waals surface area contributed by atoms with Gasteiger partial charge in [0.2, 0.25) is 0 Å². The van der Waals surface area contributed by atoms with Gasteiger partial charge < -0.3 is 13.9 Å². The summed E-state index contributed by atoms with van der Waals surface area (Å²) >= 11 is 0. The maximum Gasteiger partial charge on any atom is 0.155 e. The van der Waals surface area contributed by atoms with Crippen LogP contribution in [0.15, 0.2) is 106 Å². The molecule has 3 heterocycles. The van der Waals surface area contributed by atoms with E-state index in [0.717, 1.165) is 55.6 Å². The van der Waals surface area contributed by atoms with Crippen molar-refractivity contribution in [3.05, 3.63) is 103 Å². The molecule has 181 valence electrons. The number of furan rings is 2. The molecule has 0 saturated carbocycles. The van der Waals surface area contributed by atoms with Gasteiger partial charge in [-0.3, -0.25) is 9.78 Å². The molecule has 0 amide bonds. The van der Waals surface area contributed by atoms with Crippen LogP contribution in [0.4, 0.5) is 0 Å². The minimum Gasteiger partial charge on any atom is -0.512 e. The third-order valence-corrected chi connectivity index (χ3v) is 5.44. The van der Waals surface area contributed by atoms with Gasteiger partial charge in [-0.1, -0.05) is 65.5 Å². The van der Waals surface area contributed by atoms with Crippen LogP contribution >= 0.6 is 0 Å². The van der Waals surface area contributed by atoms with Gasteiger partial charge in [0.1, 0.15) is 11.3 Å². The average molecular weight is 653 g/mol. The second kappa shape index (κ2) is 10.7. The molecule has 0 saturated heterocycles. The fourth-order valence-electron chi connectivity index (χ4n) is 3.98. The largest absolute Gasteiger partial charge is 0.512 e. The normalized spacial score (nSPS) is 11.2. The predicted molar refractivity (Wildman–Crippen MR) is 138 cm³/mol. The Labute approximate surface area is 221 Å². The molecule has 0 atom stereocenters. The summed E-state index contributed by atoms with van der Waals surface area (Å²) < 4.78 is 12.1. The molecule has 0 aliphatic carbocycles. The summed E-state index contributed by atoms with van der Waals surface area (Å²) in [6.45, 7) is 2.85. The standard InChI is InChI=1S/C25H14NO2.C5H8O2.Ir/c1-2-7-16(8-3-1)24-15-21-23(27-24)14-13-20(26-21)19-11-6-10-18-17-9-4-5-12-22(17)28-25(18)19;1-4(6)3-5(2)7;/h1-10,12-15H;3,6H,1-2H3;/q-1;;/b;4-3-;. The smallest absolute Gasteiger partial charge is 0.155 e. The number of aliphatic hydroxyl groups excluding tert-OH is 1. The number of benzene rings is 3. The fraction of sp³-hybridized carbons (Fsp3) is 0.0667. The first kappa shape index (κ1) is 25.1. The molecule has 1 radical (unpaired) electrons. The molecule has 6 rings (SSSR count). The van der Waals surface area contributed by atoms with Gasteiger partial charge in [-0.15, -0.1) is 18.2 Å². The fourth-order valence-corrected chi connectivity index (χ4v) is 3.98. The van der Waals surface area contributed by atoms with E-state index in [9.17, 15) is 4.79 Å². The summed E-state index contributed by atoms with van der Waals surface area (Å²) in [4.78, 5) is 14.8. The van der Waals surface area contributed by atoms with Gasteiger partial charge in [-0.05, 0) is 31.7 Å². The number of hydrogen-bond acceptors (Lipinski definition) is 5. The third-order valence-electron chi connectivity index (χ3n) is 5.44. The van der Waals surface area contributed by atoms with Crippen LogP contribution in [-0.4, -0.2) is 15.9 Å². The SMILES string of the molecule is CC(=O)/C=C(/C)O.[Ir].[c-]1ccc2c(oc3ccccc32)c1-c1ccc2oc(-c3ccccc3)cc2n1. The Balaban J connectivity index is 0.000000338. The van der Waals surface area contributed by atoms with Crippen molar-refractivity contribution in [3.8, 4) is 22.6 Å². The van der Waals surface area contributed by atoms with E-state index < -0.39 is 0 Å². The maximum absolute atomic E-state index is 10.0. The van der Waals surface area contributed by atoms with E-state index in [1.54, 1.807) is 0 Å². The van der Waals surface area contributed by atoms with Crippen molar-refractivity contribution in [1.29, 1.82) is 0 Å². The Morgan fingerprint density at radius 1 is 0.889 bits per heavy atom. The number of allylic oxidation sites excluding steroid dienone is 2. The average Bonchev–Trinajstić information content (AvgIpc) is 3.45. The first-order valence-electron chi connectivity index (χ1n) is 11.2. The molecule has 0 bridgehead atoms. The van der Waals surface area contributed by atoms with Gasteiger partial charge in [0, 0.05) is 43.2 Å². The Kier molecular flexibility index (Phi) is 7.49. The van der Waals surface area contributed by atoms with Crippen LogP contribution in [0, 0.1) is 6.07 Å². The first-order valence-corrected chi connectivity index (χ1v) is 11.2. The molecule has 3 aromatic carbocycles. The second-order valence-electron chi connectivity index (χ2n) is 8.15. The third kappa shape index (κ3) is 5.15. The summed E-state index contributed by atoms with van der Waals surface area (Å²) in [5.41, 5.74) is 5.97. The number of carbonyl (C=O) groups is 1. The first-order chi connectivity index (χ1) is 17.0. The summed E-state index contributed by atoms with van der Waals surface area (Å²) in [7, 11) is 0. The number of para-hydroxylation sites is 1. The van der Waals surface area contributed by atoms with Crippen LogP contribution in [0.1, 0.15) is 13.8 Å². The zero-order valence-electron chi connectivity index (χ0n) is 19.6. The van der Waals surface area contributed by atoms with E-state index in [1.165, 1.54) is 19.9 Å². The molecule has 0 aliphatic rings. The summed E-state index contributed by atoms with van der Waals surface area (Å²) in [5, 5.41) is 10.5. The van der Waals surface area contributed by atoms with Crippen LogP contribution in [-0.2, 0) is 24.9 Å². The molecule has 0 aliphatic heterocycles. The summed E-state index contributed by atoms with van der Waals surface area (Å²) in [6.07, 6.45) is 1.17. The van der Waals surface area contributed by atoms with Crippen molar-refractivity contribution in [3.63, 3.8) is 0 Å². The van der Waals surface area contributed by atoms with Crippen molar-refractivity contribution in [2.45, 2.75) is 13.8 Å². The number of aromatic nitrogens is 1. The van der Waals surface area contributed by atoms with Gasteiger partial charge >= 0.3 is 0 Å². The number of hydrogen-bond donors (Lipinski definition) is 1. The van der Waals surface area contributed by atoms with Crippen molar-refractivity contribution in [1.82, 2.24) is 4.98 Å². The van der Waals surface area contributed by atoms with Crippen LogP contribution in [0.5, 0.6) is 0 Å². The maximum atomic E-state index is 10.0. The number of aliphatic hydroxyl groups is 1. The van der Waals surface area contributed by atoms with Crippen molar-refractivity contribution in [2.75, 3.05) is 0 Å². The van der Waals surface area contributed by atoms with Gasteiger partial charge in [0.25, 0.3) is 0 Å². The van der Waals surface area contributed by atoms with Crippen molar-refractivity contribution in [2.24, 2.45) is 0 Å². The van der Waals surface area contributed by atoms with E-state index in [0.29, 0.717) is 0 Å².